The highest BCUT2D eigenvalue weighted by Crippen LogP contribution is 2.20. The largest absolute Gasteiger partial charge is 0.481 e. The number of carbonyl (C=O) groups is 6. The van der Waals surface area contributed by atoms with Crippen molar-refractivity contribution in [2.45, 2.75) is 37.8 Å². The van der Waals surface area contributed by atoms with E-state index in [1.807, 2.05) is 5.32 Å². The summed E-state index contributed by atoms with van der Waals surface area (Å²) in [5.41, 5.74) is 5.31. The molecular formula is C15H19N3O8S. The number of ketones is 1. The van der Waals surface area contributed by atoms with E-state index in [2.05, 4.69) is 5.32 Å². The van der Waals surface area contributed by atoms with Gasteiger partial charge in [0.15, 0.2) is 5.78 Å². The first kappa shape index (κ1) is 22.3. The molecule has 0 spiro atoms. The van der Waals surface area contributed by atoms with Gasteiger partial charge in [-0.25, -0.2) is 0 Å². The van der Waals surface area contributed by atoms with Crippen LogP contribution in [0.25, 0.3) is 0 Å². The number of rotatable bonds is 12. The molecule has 12 heteroatoms. The van der Waals surface area contributed by atoms with Crippen molar-refractivity contribution in [3.63, 3.8) is 0 Å². The molecule has 0 unspecified atom stereocenters. The van der Waals surface area contributed by atoms with Crippen LogP contribution in [-0.2, 0) is 28.8 Å². The second-order valence-electron chi connectivity index (χ2n) is 5.60. The van der Waals surface area contributed by atoms with Crippen molar-refractivity contribution in [1.29, 1.82) is 0 Å². The zero-order valence-electron chi connectivity index (χ0n) is 14.1. The molecule has 1 aliphatic heterocycles. The van der Waals surface area contributed by atoms with E-state index in [-0.39, 0.29) is 29.9 Å². The lowest BCUT2D eigenvalue weighted by Gasteiger charge is -2.17. The summed E-state index contributed by atoms with van der Waals surface area (Å²) in [6.07, 6.45) is -0.102. The first-order valence-electron chi connectivity index (χ1n) is 7.82. The van der Waals surface area contributed by atoms with E-state index in [1.54, 1.807) is 0 Å². The van der Waals surface area contributed by atoms with Crippen LogP contribution < -0.4 is 16.4 Å². The van der Waals surface area contributed by atoms with E-state index in [4.69, 9.17) is 15.9 Å². The highest BCUT2D eigenvalue weighted by Gasteiger charge is 2.26. The van der Waals surface area contributed by atoms with Gasteiger partial charge in [-0.1, -0.05) is 0 Å². The molecule has 3 amide bonds. The Labute approximate surface area is 157 Å². The van der Waals surface area contributed by atoms with Crippen LogP contribution in [0.1, 0.15) is 25.7 Å². The van der Waals surface area contributed by atoms with Crippen LogP contribution in [0.2, 0.25) is 0 Å². The molecule has 0 radical (unpaired) electrons. The van der Waals surface area contributed by atoms with Crippen molar-refractivity contribution in [3.05, 3.63) is 11.0 Å². The Balaban J connectivity index is 2.68. The number of carboxylic acids is 2. The molecule has 6 N–H and O–H groups in total. The maximum atomic E-state index is 12.2. The number of amides is 3. The summed E-state index contributed by atoms with van der Waals surface area (Å²) in [7, 11) is 0. The summed E-state index contributed by atoms with van der Waals surface area (Å²) < 4.78 is 0. The predicted octanol–water partition coefficient (Wildman–Crippen LogP) is -1.63. The number of carbonyl (C=O) groups excluding carboxylic acids is 4. The van der Waals surface area contributed by atoms with Gasteiger partial charge in [-0.3, -0.25) is 34.1 Å². The van der Waals surface area contributed by atoms with Gasteiger partial charge in [0.1, 0.15) is 6.04 Å². The van der Waals surface area contributed by atoms with Gasteiger partial charge in [0.05, 0.1) is 17.4 Å². The Morgan fingerprint density at radius 2 is 1.81 bits per heavy atom. The topological polar surface area (TPSA) is 193 Å². The Hall–Kier alpha value is -2.73. The van der Waals surface area contributed by atoms with E-state index in [0.29, 0.717) is 0 Å². The number of carboxylic acid groups (broad SMARTS) is 2. The minimum atomic E-state index is -1.27. The molecule has 2 atom stereocenters. The molecule has 0 bridgehead atoms. The maximum absolute atomic E-state index is 12.2. The molecule has 0 aromatic heterocycles. The van der Waals surface area contributed by atoms with Crippen LogP contribution in [0, 0.1) is 0 Å². The van der Waals surface area contributed by atoms with E-state index in [9.17, 15) is 28.8 Å². The van der Waals surface area contributed by atoms with E-state index in [0.717, 1.165) is 17.8 Å². The molecule has 0 aromatic rings. The fraction of sp³-hybridized carbons (Fsp3) is 0.467. The average molecular weight is 401 g/mol. The molecular weight excluding hydrogens is 382 g/mol. The van der Waals surface area contributed by atoms with Gasteiger partial charge in [-0.05, 0) is 6.42 Å². The van der Waals surface area contributed by atoms with Crippen LogP contribution in [-0.4, -0.2) is 63.5 Å². The highest BCUT2D eigenvalue weighted by molar-refractivity contribution is 8.04. The molecule has 0 saturated carbocycles. The number of Topliss-reactive ketones (excluding diaryl/α,β-unsaturated/α-hetero) is 1. The van der Waals surface area contributed by atoms with Crippen LogP contribution in [0.15, 0.2) is 11.0 Å². The number of hydrogen-bond donors (Lipinski definition) is 5. The summed E-state index contributed by atoms with van der Waals surface area (Å²) in [5.74, 6) is -4.97. The molecule has 1 rings (SSSR count). The van der Waals surface area contributed by atoms with Crippen LogP contribution in [0.5, 0.6) is 0 Å². The van der Waals surface area contributed by atoms with E-state index >= 15 is 0 Å². The number of aliphatic carboxylic acids is 2. The fourth-order valence-corrected chi connectivity index (χ4v) is 2.96. The third-order valence-corrected chi connectivity index (χ3v) is 4.55. The van der Waals surface area contributed by atoms with Crippen molar-refractivity contribution in [1.82, 2.24) is 10.6 Å². The lowest BCUT2D eigenvalue weighted by molar-refractivity contribution is -0.139. The number of nitrogens with two attached hydrogens (primary N) is 1. The minimum absolute atomic E-state index is 0.0678. The number of imide groups is 1. The summed E-state index contributed by atoms with van der Waals surface area (Å²) in [4.78, 5) is 68.1. The summed E-state index contributed by atoms with van der Waals surface area (Å²) >= 11 is 0.864. The Kier molecular flexibility index (Phi) is 8.62. The minimum Gasteiger partial charge on any atom is -0.481 e. The van der Waals surface area contributed by atoms with Gasteiger partial charge in [-0.2, -0.15) is 0 Å². The van der Waals surface area contributed by atoms with Crippen molar-refractivity contribution in [2.24, 2.45) is 5.73 Å². The van der Waals surface area contributed by atoms with E-state index < -0.39 is 53.9 Å². The smallest absolute Gasteiger partial charge is 0.320 e. The van der Waals surface area contributed by atoms with Crippen molar-refractivity contribution >= 4 is 47.2 Å². The second kappa shape index (κ2) is 10.4. The molecule has 0 aromatic carbocycles. The molecule has 27 heavy (non-hydrogen) atoms. The van der Waals surface area contributed by atoms with Gasteiger partial charge in [0.25, 0.3) is 11.8 Å². The lowest BCUT2D eigenvalue weighted by atomic mass is 10.1. The predicted molar refractivity (Wildman–Crippen MR) is 92.3 cm³/mol. The van der Waals surface area contributed by atoms with Gasteiger partial charge < -0.3 is 21.3 Å². The quantitative estimate of drug-likeness (QED) is 0.237. The molecule has 0 saturated heterocycles. The lowest BCUT2D eigenvalue weighted by Crippen LogP contribution is -2.43. The summed E-state index contributed by atoms with van der Waals surface area (Å²) in [5, 5.41) is 21.8. The Morgan fingerprint density at radius 1 is 1.15 bits per heavy atom. The molecule has 1 heterocycles. The Bertz CT molecular complexity index is 691. The number of thioether (sulfide) groups is 1. The molecule has 0 aliphatic carbocycles. The SMILES string of the molecule is N[C@@H](CCC(=O)N[C@@H](CSC1=CC(=O)NC1=O)C(=O)CCC(=O)O)C(=O)O. The molecule has 1 aliphatic rings. The number of hydrogen-bond acceptors (Lipinski definition) is 8. The molecule has 11 nitrogen and oxygen atoms in total. The van der Waals surface area contributed by atoms with Crippen LogP contribution in [0.4, 0.5) is 0 Å². The van der Waals surface area contributed by atoms with Crippen molar-refractivity contribution in [3.8, 4) is 0 Å². The summed E-state index contributed by atoms with van der Waals surface area (Å²) in [6, 6.07) is -2.34. The van der Waals surface area contributed by atoms with Gasteiger partial charge in [0, 0.05) is 24.7 Å². The second-order valence-corrected chi connectivity index (χ2v) is 6.66. The van der Waals surface area contributed by atoms with Crippen LogP contribution in [0.3, 0.4) is 0 Å². The standard InChI is InChI=1S/C15H19N3O8S/c16-7(15(25)26)1-3-11(20)17-8(9(19)2-4-13(22)23)6-27-10-5-12(21)18-14(10)24/h5,7-8H,1-4,6,16H2,(H,17,20)(H,22,23)(H,25,26)(H,18,21,24)/t7-,8-/m0/s1. The van der Waals surface area contributed by atoms with Gasteiger partial charge >= 0.3 is 11.9 Å². The Morgan fingerprint density at radius 3 is 2.33 bits per heavy atom. The molecule has 148 valence electrons. The van der Waals surface area contributed by atoms with Gasteiger partial charge in [-0.15, -0.1) is 11.8 Å². The first-order valence-corrected chi connectivity index (χ1v) is 8.80. The first-order chi connectivity index (χ1) is 12.6. The monoisotopic (exact) mass is 401 g/mol. The third kappa shape index (κ3) is 8.00. The summed E-state index contributed by atoms with van der Waals surface area (Å²) in [6.45, 7) is 0. The third-order valence-electron chi connectivity index (χ3n) is 3.44. The molecule has 0 fully saturated rings. The maximum Gasteiger partial charge on any atom is 0.320 e. The van der Waals surface area contributed by atoms with Crippen molar-refractivity contribution < 1.29 is 39.0 Å². The average Bonchev–Trinajstić information content (AvgIpc) is 2.91. The zero-order chi connectivity index (χ0) is 20.6. The number of nitrogens with one attached hydrogen (secondary N) is 2. The normalized spacial score (nSPS) is 15.5. The fourth-order valence-electron chi connectivity index (χ4n) is 1.97. The van der Waals surface area contributed by atoms with Crippen LogP contribution >= 0.6 is 11.8 Å². The highest BCUT2D eigenvalue weighted by atomic mass is 32.2. The van der Waals surface area contributed by atoms with Crippen molar-refractivity contribution in [2.75, 3.05) is 5.75 Å². The zero-order valence-corrected chi connectivity index (χ0v) is 14.9. The van der Waals surface area contributed by atoms with E-state index in [1.165, 1.54) is 0 Å². The van der Waals surface area contributed by atoms with Gasteiger partial charge in [0.2, 0.25) is 5.91 Å².